The highest BCUT2D eigenvalue weighted by atomic mass is 32.2. The molecule has 2 aromatic carbocycles. The van der Waals surface area contributed by atoms with Gasteiger partial charge >= 0.3 is 12.1 Å². The van der Waals surface area contributed by atoms with E-state index in [1.165, 1.54) is 34.0 Å². The van der Waals surface area contributed by atoms with Gasteiger partial charge < -0.3 is 20.1 Å². The molecule has 2 aliphatic rings. The highest BCUT2D eigenvalue weighted by Crippen LogP contribution is 2.44. The number of ether oxygens (including phenoxy) is 1. The number of amides is 2. The fourth-order valence-electron chi connectivity index (χ4n) is 4.83. The number of hydrogen-bond acceptors (Lipinski definition) is 5. The number of hydrogen-bond donors (Lipinski definition) is 2. The third kappa shape index (κ3) is 5.91. The lowest BCUT2D eigenvalue weighted by Gasteiger charge is -2.32. The average Bonchev–Trinajstić information content (AvgIpc) is 3.16. The average molecular weight is 483 g/mol. The minimum atomic E-state index is -0.812. The number of thioether (sulfide) groups is 1. The lowest BCUT2D eigenvalue weighted by Crippen LogP contribution is -2.41. The molecule has 1 unspecified atom stereocenters. The van der Waals surface area contributed by atoms with Gasteiger partial charge in [0, 0.05) is 37.7 Å². The van der Waals surface area contributed by atoms with Crippen molar-refractivity contribution in [2.45, 2.75) is 25.2 Å². The number of likely N-dealkylation sites (tertiary alicyclic amines) is 1. The van der Waals surface area contributed by atoms with Crippen LogP contribution in [0.2, 0.25) is 0 Å². The number of nitrogens with zero attached hydrogens (tertiary/aromatic N) is 1. The summed E-state index contributed by atoms with van der Waals surface area (Å²) in [6.45, 7) is 1.89. The highest BCUT2D eigenvalue weighted by Gasteiger charge is 2.29. The van der Waals surface area contributed by atoms with Gasteiger partial charge in [0.15, 0.2) is 0 Å². The summed E-state index contributed by atoms with van der Waals surface area (Å²) < 4.78 is 5.52. The first-order valence-corrected chi connectivity index (χ1v) is 12.8. The van der Waals surface area contributed by atoms with Gasteiger partial charge in [-0.05, 0) is 41.0 Å². The van der Waals surface area contributed by atoms with E-state index in [-0.39, 0.29) is 30.8 Å². The third-order valence-electron chi connectivity index (χ3n) is 6.42. The number of aliphatic carboxylic acids is 1. The summed E-state index contributed by atoms with van der Waals surface area (Å²) in [5.74, 6) is 0.207. The normalized spacial score (nSPS) is 17.1. The van der Waals surface area contributed by atoms with E-state index < -0.39 is 12.1 Å². The van der Waals surface area contributed by atoms with Crippen molar-refractivity contribution < 1.29 is 24.2 Å². The smallest absolute Gasteiger partial charge is 0.407 e. The van der Waals surface area contributed by atoms with Crippen LogP contribution in [0.15, 0.2) is 48.5 Å². The number of rotatable bonds is 9. The molecule has 2 N–H and O–H groups in total. The van der Waals surface area contributed by atoms with E-state index in [0.717, 1.165) is 12.8 Å². The molecule has 34 heavy (non-hydrogen) atoms. The molecule has 0 radical (unpaired) electrons. The van der Waals surface area contributed by atoms with E-state index in [9.17, 15) is 14.4 Å². The Hall–Kier alpha value is -3.00. The molecule has 1 atom stereocenters. The second-order valence-corrected chi connectivity index (χ2v) is 9.86. The van der Waals surface area contributed by atoms with Crippen molar-refractivity contribution in [3.8, 4) is 11.1 Å². The Morgan fingerprint density at radius 2 is 1.74 bits per heavy atom. The fraction of sp³-hybridized carbons (Fsp3) is 0.423. The van der Waals surface area contributed by atoms with E-state index in [0.29, 0.717) is 31.1 Å². The number of carboxylic acid groups (broad SMARTS) is 1. The van der Waals surface area contributed by atoms with Crippen LogP contribution < -0.4 is 5.32 Å². The van der Waals surface area contributed by atoms with E-state index in [1.807, 2.05) is 24.3 Å². The molecule has 4 rings (SSSR count). The molecule has 180 valence electrons. The van der Waals surface area contributed by atoms with E-state index in [4.69, 9.17) is 9.84 Å². The summed E-state index contributed by atoms with van der Waals surface area (Å²) >= 11 is 1.46. The SMILES string of the molecule is O=C(O)CC1CCCN(C(=O)CSCCNC(=O)OCC2c3ccccc3-c3ccccc32)C1. The lowest BCUT2D eigenvalue weighted by molar-refractivity contribution is -0.140. The van der Waals surface area contributed by atoms with Crippen LogP contribution in [0.3, 0.4) is 0 Å². The fourth-order valence-corrected chi connectivity index (χ4v) is 5.58. The predicted molar refractivity (Wildman–Crippen MR) is 132 cm³/mol. The Morgan fingerprint density at radius 3 is 2.41 bits per heavy atom. The Kier molecular flexibility index (Phi) is 8.11. The second kappa shape index (κ2) is 11.4. The Morgan fingerprint density at radius 1 is 1.06 bits per heavy atom. The molecular formula is C26H30N2O5S. The van der Waals surface area contributed by atoms with Crippen LogP contribution in [0.1, 0.15) is 36.3 Å². The van der Waals surface area contributed by atoms with Gasteiger partial charge in [0.1, 0.15) is 6.61 Å². The van der Waals surface area contributed by atoms with Crippen LogP contribution in [0, 0.1) is 5.92 Å². The maximum Gasteiger partial charge on any atom is 0.407 e. The summed E-state index contributed by atoms with van der Waals surface area (Å²) in [7, 11) is 0. The largest absolute Gasteiger partial charge is 0.481 e. The number of benzene rings is 2. The number of carboxylic acids is 1. The first kappa shape index (κ1) is 24.1. The summed E-state index contributed by atoms with van der Waals surface area (Å²) in [5.41, 5.74) is 4.73. The maximum atomic E-state index is 12.4. The standard InChI is InChI=1S/C26H30N2O5S/c29-24(28-12-5-6-18(15-28)14-25(30)31)17-34-13-11-27-26(32)33-16-23-21-9-3-1-7-19(21)20-8-2-4-10-22(20)23/h1-4,7-10,18,23H,5-6,11-17H2,(H,27,32)(H,30,31). The quantitative estimate of drug-likeness (QED) is 0.525. The van der Waals surface area contributed by atoms with Crippen LogP contribution in [0.4, 0.5) is 4.79 Å². The number of nitrogens with one attached hydrogen (secondary N) is 1. The molecular weight excluding hydrogens is 452 g/mol. The van der Waals surface area contributed by atoms with E-state index in [2.05, 4.69) is 29.6 Å². The van der Waals surface area contributed by atoms with Gasteiger partial charge in [-0.3, -0.25) is 9.59 Å². The molecule has 2 amide bonds. The van der Waals surface area contributed by atoms with Gasteiger partial charge in [-0.1, -0.05) is 48.5 Å². The summed E-state index contributed by atoms with van der Waals surface area (Å²) in [5, 5.41) is 11.7. The van der Waals surface area contributed by atoms with Crippen molar-refractivity contribution >= 4 is 29.7 Å². The molecule has 1 saturated heterocycles. The van der Waals surface area contributed by atoms with Crippen LogP contribution in [0.25, 0.3) is 11.1 Å². The van der Waals surface area contributed by atoms with Gasteiger partial charge in [0.2, 0.25) is 5.91 Å². The zero-order valence-electron chi connectivity index (χ0n) is 19.1. The number of carbonyl (C=O) groups is 3. The van der Waals surface area contributed by atoms with Crippen molar-refractivity contribution in [1.82, 2.24) is 10.2 Å². The summed E-state index contributed by atoms with van der Waals surface area (Å²) in [4.78, 5) is 37.3. The Balaban J connectivity index is 1.15. The molecule has 2 aromatic rings. The predicted octanol–water partition coefficient (Wildman–Crippen LogP) is 3.97. The van der Waals surface area contributed by atoms with Crippen molar-refractivity contribution in [3.63, 3.8) is 0 Å². The monoisotopic (exact) mass is 482 g/mol. The minimum Gasteiger partial charge on any atom is -0.481 e. The molecule has 0 saturated carbocycles. The van der Waals surface area contributed by atoms with Gasteiger partial charge in [0.05, 0.1) is 5.75 Å². The van der Waals surface area contributed by atoms with Crippen LogP contribution in [-0.4, -0.2) is 65.7 Å². The molecule has 7 nitrogen and oxygen atoms in total. The maximum absolute atomic E-state index is 12.4. The van der Waals surface area contributed by atoms with Crippen molar-refractivity contribution in [1.29, 1.82) is 0 Å². The zero-order valence-corrected chi connectivity index (χ0v) is 19.9. The molecule has 1 aliphatic heterocycles. The Labute approximate surface area is 203 Å². The summed E-state index contributed by atoms with van der Waals surface area (Å²) in [6.07, 6.45) is 1.35. The number of fused-ring (bicyclic) bond motifs is 3. The Bertz CT molecular complexity index is 998. The first-order chi connectivity index (χ1) is 16.5. The molecule has 1 fully saturated rings. The lowest BCUT2D eigenvalue weighted by atomic mass is 9.95. The number of piperidine rings is 1. The summed E-state index contributed by atoms with van der Waals surface area (Å²) in [6, 6.07) is 16.4. The molecule has 0 spiro atoms. The van der Waals surface area contributed by atoms with Crippen molar-refractivity contribution in [2.24, 2.45) is 5.92 Å². The first-order valence-electron chi connectivity index (χ1n) is 11.7. The second-order valence-electron chi connectivity index (χ2n) is 8.75. The van der Waals surface area contributed by atoms with Crippen molar-refractivity contribution in [2.75, 3.05) is 37.7 Å². The molecule has 8 heteroatoms. The minimum absolute atomic E-state index is 0.0274. The van der Waals surface area contributed by atoms with Crippen LogP contribution >= 0.6 is 11.8 Å². The molecule has 1 heterocycles. The van der Waals surface area contributed by atoms with E-state index in [1.54, 1.807) is 4.90 Å². The van der Waals surface area contributed by atoms with Gasteiger partial charge in [-0.2, -0.15) is 11.8 Å². The van der Waals surface area contributed by atoms with E-state index >= 15 is 0 Å². The highest BCUT2D eigenvalue weighted by molar-refractivity contribution is 7.99. The van der Waals surface area contributed by atoms with Crippen molar-refractivity contribution in [3.05, 3.63) is 59.7 Å². The molecule has 1 aliphatic carbocycles. The molecule has 0 bridgehead atoms. The van der Waals surface area contributed by atoms with Gasteiger partial charge in [-0.15, -0.1) is 0 Å². The number of alkyl carbamates (subject to hydrolysis) is 1. The number of carbonyl (C=O) groups excluding carboxylic acids is 2. The van der Waals surface area contributed by atoms with Crippen LogP contribution in [0.5, 0.6) is 0 Å². The molecule has 0 aromatic heterocycles. The zero-order chi connectivity index (χ0) is 23.9. The van der Waals surface area contributed by atoms with Crippen LogP contribution in [-0.2, 0) is 14.3 Å². The third-order valence-corrected chi connectivity index (χ3v) is 7.36. The van der Waals surface area contributed by atoms with Gasteiger partial charge in [0.25, 0.3) is 0 Å². The topological polar surface area (TPSA) is 95.9 Å². The van der Waals surface area contributed by atoms with Gasteiger partial charge in [-0.25, -0.2) is 4.79 Å².